The zero-order chi connectivity index (χ0) is 15.4. The quantitative estimate of drug-likeness (QED) is 0.838. The number of nitrogens with one attached hydrogen (secondary N) is 2. The van der Waals surface area contributed by atoms with E-state index in [9.17, 15) is 4.79 Å². The first kappa shape index (κ1) is 15.2. The number of imidazole rings is 1. The number of hydrogen-bond acceptors (Lipinski definition) is 5. The lowest BCUT2D eigenvalue weighted by Gasteiger charge is -2.23. The van der Waals surface area contributed by atoms with Crippen molar-refractivity contribution in [2.24, 2.45) is 5.92 Å². The zero-order valence-corrected chi connectivity index (χ0v) is 12.9. The molecule has 0 aliphatic rings. The molecule has 7 nitrogen and oxygen atoms in total. The summed E-state index contributed by atoms with van der Waals surface area (Å²) in [7, 11) is 1.83. The average molecular weight is 290 g/mol. The molecule has 0 fully saturated rings. The van der Waals surface area contributed by atoms with Crippen LogP contribution in [-0.2, 0) is 4.79 Å². The molecule has 2 N–H and O–H groups in total. The summed E-state index contributed by atoms with van der Waals surface area (Å²) in [6.45, 7) is 6.54. The highest BCUT2D eigenvalue weighted by molar-refractivity contribution is 5.87. The average Bonchev–Trinajstić information content (AvgIpc) is 2.92. The molecule has 0 saturated heterocycles. The molecule has 1 amide bonds. The number of amides is 1. The summed E-state index contributed by atoms with van der Waals surface area (Å²) in [5.41, 5.74) is 1.34. The van der Waals surface area contributed by atoms with Crippen LogP contribution in [0.1, 0.15) is 27.2 Å². The van der Waals surface area contributed by atoms with Gasteiger partial charge in [-0.2, -0.15) is 0 Å². The van der Waals surface area contributed by atoms with E-state index in [1.807, 2.05) is 7.05 Å². The van der Waals surface area contributed by atoms with Gasteiger partial charge in [-0.1, -0.05) is 20.8 Å². The van der Waals surface area contributed by atoms with E-state index >= 15 is 0 Å². The predicted octanol–water partition coefficient (Wildman–Crippen LogP) is 1.34. The van der Waals surface area contributed by atoms with Gasteiger partial charge in [-0.05, 0) is 12.3 Å². The van der Waals surface area contributed by atoms with Crippen LogP contribution >= 0.6 is 0 Å². The van der Waals surface area contributed by atoms with Crippen LogP contribution in [0.3, 0.4) is 0 Å². The maximum absolute atomic E-state index is 12.2. The van der Waals surface area contributed by atoms with Crippen molar-refractivity contribution in [2.45, 2.75) is 33.2 Å². The molecule has 0 saturated carbocycles. The fourth-order valence-corrected chi connectivity index (χ4v) is 2.32. The number of hydrogen-bond donors (Lipinski definition) is 2. The summed E-state index contributed by atoms with van der Waals surface area (Å²) < 4.78 is 0. The Bertz CT molecular complexity index is 608. The van der Waals surface area contributed by atoms with Gasteiger partial charge in [0.15, 0.2) is 11.5 Å². The van der Waals surface area contributed by atoms with E-state index in [0.29, 0.717) is 17.4 Å². The molecule has 0 unspecified atom stereocenters. The molecule has 0 aliphatic heterocycles. The van der Waals surface area contributed by atoms with Gasteiger partial charge >= 0.3 is 0 Å². The van der Waals surface area contributed by atoms with Gasteiger partial charge < -0.3 is 15.2 Å². The summed E-state index contributed by atoms with van der Waals surface area (Å²) in [6.07, 6.45) is 3.95. The number of rotatable bonds is 6. The van der Waals surface area contributed by atoms with Crippen molar-refractivity contribution in [2.75, 3.05) is 18.5 Å². The van der Waals surface area contributed by atoms with Gasteiger partial charge in [-0.25, -0.2) is 15.0 Å². The maximum Gasteiger partial charge on any atom is 0.239 e. The first-order valence-corrected chi connectivity index (χ1v) is 7.17. The van der Waals surface area contributed by atoms with E-state index in [-0.39, 0.29) is 18.5 Å². The van der Waals surface area contributed by atoms with E-state index in [2.05, 4.69) is 46.0 Å². The number of aromatic nitrogens is 4. The van der Waals surface area contributed by atoms with Gasteiger partial charge in [0.1, 0.15) is 11.8 Å². The Balaban J connectivity index is 2.05. The van der Waals surface area contributed by atoms with E-state index in [0.717, 1.165) is 11.9 Å². The molecule has 0 spiro atoms. The molecular weight excluding hydrogens is 268 g/mol. The third-order valence-electron chi connectivity index (χ3n) is 3.54. The van der Waals surface area contributed by atoms with Crippen molar-refractivity contribution >= 4 is 22.9 Å². The Kier molecular flexibility index (Phi) is 4.72. The van der Waals surface area contributed by atoms with Crippen LogP contribution in [0, 0.1) is 5.92 Å². The Labute approximate surface area is 124 Å². The van der Waals surface area contributed by atoms with Crippen LogP contribution in [0.15, 0.2) is 12.7 Å². The summed E-state index contributed by atoms with van der Waals surface area (Å²) in [5, 5.41) is 3.06. The van der Waals surface area contributed by atoms with Crippen LogP contribution < -0.4 is 10.2 Å². The van der Waals surface area contributed by atoms with Gasteiger partial charge in [0, 0.05) is 13.1 Å². The van der Waals surface area contributed by atoms with Gasteiger partial charge in [-0.15, -0.1) is 0 Å². The van der Waals surface area contributed by atoms with Crippen LogP contribution in [0.2, 0.25) is 0 Å². The lowest BCUT2D eigenvalue weighted by atomic mass is 10.0. The highest BCUT2D eigenvalue weighted by Crippen LogP contribution is 2.17. The van der Waals surface area contributed by atoms with Crippen molar-refractivity contribution in [3.05, 3.63) is 12.7 Å². The van der Waals surface area contributed by atoms with E-state index in [1.165, 1.54) is 6.33 Å². The minimum atomic E-state index is -0.00988. The summed E-state index contributed by atoms with van der Waals surface area (Å²) in [5.74, 6) is 1.08. The maximum atomic E-state index is 12.2. The van der Waals surface area contributed by atoms with Crippen molar-refractivity contribution < 1.29 is 4.79 Å². The molecule has 0 radical (unpaired) electrons. The number of nitrogens with zero attached hydrogens (tertiary/aromatic N) is 4. The molecule has 1 atom stereocenters. The molecule has 2 aromatic heterocycles. The Hall–Kier alpha value is -2.18. The highest BCUT2D eigenvalue weighted by atomic mass is 16.2. The van der Waals surface area contributed by atoms with Crippen LogP contribution in [0.5, 0.6) is 0 Å². The van der Waals surface area contributed by atoms with Crippen LogP contribution in [0.25, 0.3) is 11.2 Å². The van der Waals surface area contributed by atoms with E-state index < -0.39 is 0 Å². The van der Waals surface area contributed by atoms with E-state index in [1.54, 1.807) is 11.2 Å². The number of carbonyl (C=O) groups excluding carboxylic acids is 1. The normalized spacial score (nSPS) is 12.6. The van der Waals surface area contributed by atoms with Crippen LogP contribution in [0.4, 0.5) is 5.82 Å². The first-order chi connectivity index (χ1) is 10.0. The van der Waals surface area contributed by atoms with Crippen molar-refractivity contribution in [3.8, 4) is 0 Å². The second-order valence-corrected chi connectivity index (χ2v) is 5.48. The van der Waals surface area contributed by atoms with Gasteiger partial charge in [0.2, 0.25) is 5.91 Å². The minimum Gasteiger partial charge on any atom is -0.352 e. The molecule has 0 bridgehead atoms. The third kappa shape index (κ3) is 3.48. The molecule has 21 heavy (non-hydrogen) atoms. The van der Waals surface area contributed by atoms with Crippen molar-refractivity contribution in [1.82, 2.24) is 25.3 Å². The largest absolute Gasteiger partial charge is 0.352 e. The Morgan fingerprint density at radius 2 is 2.14 bits per heavy atom. The SMILES string of the molecule is CC[C@H](NC(=O)CN(C)c1ncnc2nc[nH]c12)C(C)C. The minimum absolute atomic E-state index is 0.00988. The monoisotopic (exact) mass is 290 g/mol. The molecule has 2 heterocycles. The molecule has 0 aromatic carbocycles. The number of H-pyrrole nitrogens is 1. The number of carbonyl (C=O) groups is 1. The number of likely N-dealkylation sites (N-methyl/N-ethyl adjacent to an activating group) is 1. The lowest BCUT2D eigenvalue weighted by molar-refractivity contribution is -0.120. The Morgan fingerprint density at radius 1 is 1.38 bits per heavy atom. The molecule has 0 aliphatic carbocycles. The molecule has 114 valence electrons. The second-order valence-electron chi connectivity index (χ2n) is 5.48. The summed E-state index contributed by atoms with van der Waals surface area (Å²) >= 11 is 0. The predicted molar refractivity (Wildman–Crippen MR) is 82.0 cm³/mol. The number of anilines is 1. The van der Waals surface area contributed by atoms with Gasteiger partial charge in [0.05, 0.1) is 12.9 Å². The molecule has 7 heteroatoms. The zero-order valence-electron chi connectivity index (χ0n) is 12.9. The second kappa shape index (κ2) is 6.51. The number of fused-ring (bicyclic) bond motifs is 1. The van der Waals surface area contributed by atoms with Crippen molar-refractivity contribution in [3.63, 3.8) is 0 Å². The molecule has 2 aromatic rings. The molecule has 2 rings (SSSR count). The fourth-order valence-electron chi connectivity index (χ4n) is 2.32. The van der Waals surface area contributed by atoms with Gasteiger partial charge in [0.25, 0.3) is 0 Å². The molecular formula is C14H22N6O. The van der Waals surface area contributed by atoms with Crippen LogP contribution in [-0.4, -0.2) is 45.5 Å². The fraction of sp³-hybridized carbons (Fsp3) is 0.571. The standard InChI is InChI=1S/C14H22N6O/c1-5-10(9(2)3)19-11(21)6-20(4)14-12-13(16-7-15-12)17-8-18-14/h7-10H,5-6H2,1-4H3,(H,19,21)(H,15,16,17,18)/t10-/m0/s1. The van der Waals surface area contributed by atoms with Gasteiger partial charge in [-0.3, -0.25) is 4.79 Å². The summed E-state index contributed by atoms with van der Waals surface area (Å²) in [4.78, 5) is 29.3. The Morgan fingerprint density at radius 3 is 2.81 bits per heavy atom. The third-order valence-corrected chi connectivity index (χ3v) is 3.54. The van der Waals surface area contributed by atoms with Crippen molar-refractivity contribution in [1.29, 1.82) is 0 Å². The summed E-state index contributed by atoms with van der Waals surface area (Å²) in [6, 6.07) is 0.198. The topological polar surface area (TPSA) is 86.8 Å². The lowest BCUT2D eigenvalue weighted by Crippen LogP contribution is -2.43. The first-order valence-electron chi connectivity index (χ1n) is 7.17. The number of aromatic amines is 1. The highest BCUT2D eigenvalue weighted by Gasteiger charge is 2.17. The van der Waals surface area contributed by atoms with E-state index in [4.69, 9.17) is 0 Å². The smallest absolute Gasteiger partial charge is 0.239 e.